The Hall–Kier alpha value is -2.43. The lowest BCUT2D eigenvalue weighted by Gasteiger charge is -2.03. The molecule has 19 heavy (non-hydrogen) atoms. The number of methoxy groups -OCH3 is 1. The Morgan fingerprint density at radius 2 is 1.68 bits per heavy atom. The molecule has 0 unspecified atom stereocenters. The maximum Gasteiger partial charge on any atom is 0.335 e. The second-order valence-corrected chi connectivity index (χ2v) is 4.08. The first kappa shape index (κ1) is 13.0. The van der Waals surface area contributed by atoms with Crippen molar-refractivity contribution >= 4 is 5.97 Å². The van der Waals surface area contributed by atoms with Crippen LogP contribution in [-0.2, 0) is 12.8 Å². The van der Waals surface area contributed by atoms with Gasteiger partial charge in [-0.3, -0.25) is 0 Å². The number of aromatic nitrogens is 2. The molecular formula is C14H14N2O3. The molecule has 1 aromatic heterocycles. The lowest BCUT2D eigenvalue weighted by molar-refractivity contribution is 0.0697. The molecule has 0 spiro atoms. The fourth-order valence-electron chi connectivity index (χ4n) is 1.68. The molecule has 5 heteroatoms. The molecular weight excluding hydrogens is 244 g/mol. The van der Waals surface area contributed by atoms with E-state index in [9.17, 15) is 4.79 Å². The van der Waals surface area contributed by atoms with Gasteiger partial charge in [0.25, 0.3) is 0 Å². The number of ether oxygens (including phenoxy) is 1. The van der Waals surface area contributed by atoms with Crippen LogP contribution in [0.2, 0.25) is 0 Å². The van der Waals surface area contributed by atoms with Gasteiger partial charge in [-0.05, 0) is 36.1 Å². The minimum Gasteiger partial charge on any atom is -0.478 e. The topological polar surface area (TPSA) is 72.3 Å². The van der Waals surface area contributed by atoms with Crippen molar-refractivity contribution in [1.82, 2.24) is 9.97 Å². The molecule has 0 saturated carbocycles. The summed E-state index contributed by atoms with van der Waals surface area (Å²) >= 11 is 0. The number of aryl methyl sites for hydroxylation is 2. The summed E-state index contributed by atoms with van der Waals surface area (Å²) in [6.45, 7) is 0. The highest BCUT2D eigenvalue weighted by Crippen LogP contribution is 2.09. The van der Waals surface area contributed by atoms with Gasteiger partial charge in [-0.1, -0.05) is 12.1 Å². The maximum absolute atomic E-state index is 10.7. The van der Waals surface area contributed by atoms with E-state index in [0.29, 0.717) is 11.6 Å². The zero-order chi connectivity index (χ0) is 13.7. The fraction of sp³-hybridized carbons (Fsp3) is 0.214. The van der Waals surface area contributed by atoms with Crippen LogP contribution in [0.5, 0.6) is 6.01 Å². The maximum atomic E-state index is 10.7. The summed E-state index contributed by atoms with van der Waals surface area (Å²) in [4.78, 5) is 18.8. The molecule has 0 aliphatic heterocycles. The second kappa shape index (κ2) is 5.95. The van der Waals surface area contributed by atoms with E-state index in [-0.39, 0.29) is 0 Å². The molecule has 2 aromatic rings. The minimum atomic E-state index is -0.907. The summed E-state index contributed by atoms with van der Waals surface area (Å²) in [5, 5.41) is 8.80. The van der Waals surface area contributed by atoms with Crippen LogP contribution in [0.25, 0.3) is 0 Å². The highest BCUT2D eigenvalue weighted by molar-refractivity contribution is 5.87. The van der Waals surface area contributed by atoms with Crippen LogP contribution in [-0.4, -0.2) is 28.2 Å². The molecule has 98 valence electrons. The third-order valence-electron chi connectivity index (χ3n) is 2.77. The smallest absolute Gasteiger partial charge is 0.335 e. The lowest BCUT2D eigenvalue weighted by Crippen LogP contribution is -1.98. The number of rotatable bonds is 5. The Bertz CT molecular complexity index is 550. The Balaban J connectivity index is 1.95. The van der Waals surface area contributed by atoms with Crippen LogP contribution >= 0.6 is 0 Å². The van der Waals surface area contributed by atoms with Crippen LogP contribution in [0.3, 0.4) is 0 Å². The lowest BCUT2D eigenvalue weighted by atomic mass is 10.1. The van der Waals surface area contributed by atoms with Gasteiger partial charge in [-0.15, -0.1) is 0 Å². The summed E-state index contributed by atoms with van der Waals surface area (Å²) in [5.41, 5.74) is 2.40. The van der Waals surface area contributed by atoms with Crippen molar-refractivity contribution < 1.29 is 14.6 Å². The zero-order valence-electron chi connectivity index (χ0n) is 10.5. The van der Waals surface area contributed by atoms with E-state index >= 15 is 0 Å². The molecule has 0 saturated heterocycles. The van der Waals surface area contributed by atoms with E-state index in [0.717, 1.165) is 24.0 Å². The number of carboxylic acid groups (broad SMARTS) is 1. The molecule has 0 aliphatic rings. The molecule has 0 radical (unpaired) electrons. The van der Waals surface area contributed by atoms with Gasteiger partial charge in [-0.25, -0.2) is 14.8 Å². The van der Waals surface area contributed by atoms with E-state index in [1.54, 1.807) is 24.5 Å². The van der Waals surface area contributed by atoms with Gasteiger partial charge < -0.3 is 9.84 Å². The summed E-state index contributed by atoms with van der Waals surface area (Å²) in [6, 6.07) is 7.24. The van der Waals surface area contributed by atoms with Crippen molar-refractivity contribution in [2.45, 2.75) is 12.8 Å². The largest absolute Gasteiger partial charge is 0.478 e. The van der Waals surface area contributed by atoms with Crippen molar-refractivity contribution in [3.05, 3.63) is 53.3 Å². The first-order chi connectivity index (χ1) is 9.19. The summed E-state index contributed by atoms with van der Waals surface area (Å²) < 4.78 is 4.89. The van der Waals surface area contributed by atoms with E-state index in [1.807, 2.05) is 12.1 Å². The molecule has 0 bridgehead atoms. The van der Waals surface area contributed by atoms with Crippen LogP contribution in [0.15, 0.2) is 36.7 Å². The first-order valence-electron chi connectivity index (χ1n) is 5.86. The Morgan fingerprint density at radius 1 is 1.11 bits per heavy atom. The zero-order valence-corrected chi connectivity index (χ0v) is 10.5. The van der Waals surface area contributed by atoms with E-state index in [2.05, 4.69) is 9.97 Å². The number of aromatic carboxylic acids is 1. The molecule has 2 rings (SSSR count). The normalized spacial score (nSPS) is 10.2. The van der Waals surface area contributed by atoms with Gasteiger partial charge in [0.05, 0.1) is 12.7 Å². The van der Waals surface area contributed by atoms with Crippen molar-refractivity contribution in [2.24, 2.45) is 0 Å². The molecule has 1 aromatic carbocycles. The Labute approximate surface area is 110 Å². The third kappa shape index (κ3) is 3.51. The fourth-order valence-corrected chi connectivity index (χ4v) is 1.68. The van der Waals surface area contributed by atoms with Crippen molar-refractivity contribution in [3.8, 4) is 6.01 Å². The molecule has 0 amide bonds. The summed E-state index contributed by atoms with van der Waals surface area (Å²) in [5.74, 6) is -0.907. The number of hydrogen-bond donors (Lipinski definition) is 1. The highest BCUT2D eigenvalue weighted by Gasteiger charge is 2.02. The van der Waals surface area contributed by atoms with Crippen LogP contribution in [0, 0.1) is 0 Å². The first-order valence-corrected chi connectivity index (χ1v) is 5.86. The SMILES string of the molecule is COc1ncc(CCc2ccc(C(=O)O)cc2)cn1. The van der Waals surface area contributed by atoms with Gasteiger partial charge in [0, 0.05) is 12.4 Å². The van der Waals surface area contributed by atoms with E-state index < -0.39 is 5.97 Å². The quantitative estimate of drug-likeness (QED) is 0.887. The van der Waals surface area contributed by atoms with Gasteiger partial charge in [0.1, 0.15) is 0 Å². The number of benzene rings is 1. The Morgan fingerprint density at radius 3 is 2.21 bits per heavy atom. The standard InChI is InChI=1S/C14H14N2O3/c1-19-14-15-8-11(9-16-14)3-2-10-4-6-12(7-5-10)13(17)18/h4-9H,2-3H2,1H3,(H,17,18). The average molecular weight is 258 g/mol. The van der Waals surface area contributed by atoms with Gasteiger partial charge in [-0.2, -0.15) is 0 Å². The predicted octanol–water partition coefficient (Wildman–Crippen LogP) is 1.97. The van der Waals surface area contributed by atoms with Crippen LogP contribution in [0.4, 0.5) is 0 Å². The third-order valence-corrected chi connectivity index (χ3v) is 2.77. The van der Waals surface area contributed by atoms with Gasteiger partial charge in [0.2, 0.25) is 0 Å². The highest BCUT2D eigenvalue weighted by atomic mass is 16.5. The molecule has 1 N–H and O–H groups in total. The van der Waals surface area contributed by atoms with Gasteiger partial charge >= 0.3 is 12.0 Å². The predicted molar refractivity (Wildman–Crippen MR) is 69.4 cm³/mol. The Kier molecular flexibility index (Phi) is 4.07. The number of nitrogens with zero attached hydrogens (tertiary/aromatic N) is 2. The van der Waals surface area contributed by atoms with Gasteiger partial charge in [0.15, 0.2) is 0 Å². The summed E-state index contributed by atoms with van der Waals surface area (Å²) in [6.07, 6.45) is 5.08. The number of carbonyl (C=O) groups is 1. The van der Waals surface area contributed by atoms with Crippen LogP contribution < -0.4 is 4.74 Å². The number of hydrogen-bond acceptors (Lipinski definition) is 4. The second-order valence-electron chi connectivity index (χ2n) is 4.08. The van der Waals surface area contributed by atoms with Crippen molar-refractivity contribution in [2.75, 3.05) is 7.11 Å². The molecule has 0 fully saturated rings. The van der Waals surface area contributed by atoms with Crippen molar-refractivity contribution in [3.63, 3.8) is 0 Å². The van der Waals surface area contributed by atoms with E-state index in [1.165, 1.54) is 7.11 Å². The average Bonchev–Trinajstić information content (AvgIpc) is 2.46. The number of carboxylic acids is 1. The minimum absolute atomic E-state index is 0.302. The van der Waals surface area contributed by atoms with Crippen LogP contribution in [0.1, 0.15) is 21.5 Å². The molecule has 0 aliphatic carbocycles. The molecule has 0 atom stereocenters. The monoisotopic (exact) mass is 258 g/mol. The van der Waals surface area contributed by atoms with Crippen molar-refractivity contribution in [1.29, 1.82) is 0 Å². The summed E-state index contributed by atoms with van der Waals surface area (Å²) in [7, 11) is 1.53. The molecule has 1 heterocycles. The van der Waals surface area contributed by atoms with E-state index in [4.69, 9.17) is 9.84 Å². The molecule has 5 nitrogen and oxygen atoms in total.